The van der Waals surface area contributed by atoms with Crippen LogP contribution >= 0.6 is 0 Å². The Balaban J connectivity index is 1.56. The fourth-order valence-corrected chi connectivity index (χ4v) is 2.97. The van der Waals surface area contributed by atoms with Crippen LogP contribution in [-0.4, -0.2) is 21.6 Å². The molecule has 2 heterocycles. The van der Waals surface area contributed by atoms with Crippen molar-refractivity contribution >= 4 is 6.03 Å². The van der Waals surface area contributed by atoms with E-state index in [1.54, 1.807) is 30.1 Å². The average molecular weight is 312 g/mol. The van der Waals surface area contributed by atoms with Gasteiger partial charge in [0.25, 0.3) is 0 Å². The SMILES string of the molecule is Cn1c2c(ccc1=O)CC(NC(=O)NCc1cccnc1)CC2. The molecule has 0 fully saturated rings. The van der Waals surface area contributed by atoms with E-state index in [1.807, 2.05) is 18.2 Å². The third-order valence-corrected chi connectivity index (χ3v) is 4.24. The van der Waals surface area contributed by atoms with Gasteiger partial charge < -0.3 is 15.2 Å². The van der Waals surface area contributed by atoms with E-state index in [1.165, 1.54) is 0 Å². The number of carbonyl (C=O) groups excluding carboxylic acids is 1. The largest absolute Gasteiger partial charge is 0.335 e. The molecule has 2 N–H and O–H groups in total. The molecule has 120 valence electrons. The second kappa shape index (κ2) is 6.64. The van der Waals surface area contributed by atoms with Gasteiger partial charge in [0, 0.05) is 43.8 Å². The predicted molar refractivity (Wildman–Crippen MR) is 87.1 cm³/mol. The highest BCUT2D eigenvalue weighted by Gasteiger charge is 2.21. The third kappa shape index (κ3) is 3.59. The number of rotatable bonds is 3. The van der Waals surface area contributed by atoms with Crippen LogP contribution in [0.25, 0.3) is 0 Å². The van der Waals surface area contributed by atoms with Crippen molar-refractivity contribution in [3.05, 3.63) is 63.8 Å². The summed E-state index contributed by atoms with van der Waals surface area (Å²) >= 11 is 0. The van der Waals surface area contributed by atoms with Crippen LogP contribution in [0.1, 0.15) is 23.2 Å². The number of fused-ring (bicyclic) bond motifs is 1. The van der Waals surface area contributed by atoms with Crippen molar-refractivity contribution in [2.45, 2.75) is 31.8 Å². The summed E-state index contributed by atoms with van der Waals surface area (Å²) in [6.45, 7) is 0.456. The van der Waals surface area contributed by atoms with Crippen molar-refractivity contribution in [1.29, 1.82) is 0 Å². The predicted octanol–water partition coefficient (Wildman–Crippen LogP) is 1.14. The maximum atomic E-state index is 12.0. The smallest absolute Gasteiger partial charge is 0.315 e. The molecule has 0 saturated heterocycles. The standard InChI is InChI=1S/C17H20N4O2/c1-21-15-6-5-14(9-13(15)4-7-16(21)22)20-17(23)19-11-12-3-2-8-18-10-12/h2-4,7-8,10,14H,5-6,9,11H2,1H3,(H2,19,20,23). The van der Waals surface area contributed by atoms with Gasteiger partial charge in [-0.2, -0.15) is 0 Å². The Hall–Kier alpha value is -2.63. The summed E-state index contributed by atoms with van der Waals surface area (Å²) in [6, 6.07) is 7.14. The monoisotopic (exact) mass is 312 g/mol. The molecule has 0 spiro atoms. The van der Waals surface area contributed by atoms with Crippen LogP contribution in [0.15, 0.2) is 41.5 Å². The van der Waals surface area contributed by atoms with Gasteiger partial charge in [0.15, 0.2) is 0 Å². The number of hydrogen-bond donors (Lipinski definition) is 2. The number of carbonyl (C=O) groups is 1. The Morgan fingerprint density at radius 2 is 2.26 bits per heavy atom. The molecule has 6 heteroatoms. The van der Waals surface area contributed by atoms with Crippen LogP contribution in [0.3, 0.4) is 0 Å². The summed E-state index contributed by atoms with van der Waals surface area (Å²) in [5, 5.41) is 5.85. The van der Waals surface area contributed by atoms with Crippen LogP contribution in [-0.2, 0) is 26.4 Å². The molecule has 0 radical (unpaired) electrons. The molecule has 1 atom stereocenters. The number of amides is 2. The molecule has 2 amide bonds. The first-order valence-corrected chi connectivity index (χ1v) is 7.74. The second-order valence-corrected chi connectivity index (χ2v) is 5.83. The summed E-state index contributed by atoms with van der Waals surface area (Å²) in [5.74, 6) is 0. The van der Waals surface area contributed by atoms with Gasteiger partial charge in [-0.25, -0.2) is 4.79 Å². The van der Waals surface area contributed by atoms with Gasteiger partial charge in [0.2, 0.25) is 5.56 Å². The maximum absolute atomic E-state index is 12.0. The van der Waals surface area contributed by atoms with E-state index in [2.05, 4.69) is 15.6 Å². The lowest BCUT2D eigenvalue weighted by molar-refractivity contribution is 0.235. The quantitative estimate of drug-likeness (QED) is 0.892. The van der Waals surface area contributed by atoms with E-state index < -0.39 is 0 Å². The molecule has 23 heavy (non-hydrogen) atoms. The van der Waals surface area contributed by atoms with Crippen molar-refractivity contribution in [3.63, 3.8) is 0 Å². The highest BCUT2D eigenvalue weighted by molar-refractivity contribution is 5.74. The fourth-order valence-electron chi connectivity index (χ4n) is 2.97. The van der Waals surface area contributed by atoms with Gasteiger partial charge in [-0.3, -0.25) is 9.78 Å². The molecule has 1 aliphatic rings. The first-order valence-electron chi connectivity index (χ1n) is 7.74. The molecule has 3 rings (SSSR count). The average Bonchev–Trinajstić information content (AvgIpc) is 2.57. The Morgan fingerprint density at radius 1 is 1.39 bits per heavy atom. The van der Waals surface area contributed by atoms with Crippen molar-refractivity contribution in [2.75, 3.05) is 0 Å². The van der Waals surface area contributed by atoms with Gasteiger partial charge >= 0.3 is 6.03 Å². The number of nitrogens with one attached hydrogen (secondary N) is 2. The van der Waals surface area contributed by atoms with E-state index in [9.17, 15) is 9.59 Å². The van der Waals surface area contributed by atoms with Gasteiger partial charge in [0.05, 0.1) is 0 Å². The molecular formula is C17H20N4O2. The topological polar surface area (TPSA) is 76.0 Å². The Kier molecular flexibility index (Phi) is 4.41. The summed E-state index contributed by atoms with van der Waals surface area (Å²) in [4.78, 5) is 27.7. The van der Waals surface area contributed by atoms with E-state index >= 15 is 0 Å². The molecule has 0 aliphatic heterocycles. The highest BCUT2D eigenvalue weighted by Crippen LogP contribution is 2.19. The van der Waals surface area contributed by atoms with Crippen molar-refractivity contribution in [3.8, 4) is 0 Å². The Bertz CT molecular complexity index is 755. The van der Waals surface area contributed by atoms with E-state index in [-0.39, 0.29) is 17.6 Å². The second-order valence-electron chi connectivity index (χ2n) is 5.83. The first kappa shape index (κ1) is 15.3. The van der Waals surface area contributed by atoms with E-state index in [0.29, 0.717) is 6.54 Å². The lowest BCUT2D eigenvalue weighted by atomic mass is 9.91. The number of aromatic nitrogens is 2. The zero-order chi connectivity index (χ0) is 16.2. The summed E-state index contributed by atoms with van der Waals surface area (Å²) < 4.78 is 1.70. The minimum atomic E-state index is -0.174. The molecule has 0 saturated carbocycles. The normalized spacial score (nSPS) is 16.5. The first-order chi connectivity index (χ1) is 11.1. The molecule has 1 unspecified atom stereocenters. The fraction of sp³-hybridized carbons (Fsp3) is 0.353. The van der Waals surface area contributed by atoms with Crippen molar-refractivity contribution in [2.24, 2.45) is 7.05 Å². The van der Waals surface area contributed by atoms with Crippen LogP contribution in [0, 0.1) is 0 Å². The Morgan fingerprint density at radius 3 is 3.04 bits per heavy atom. The zero-order valence-corrected chi connectivity index (χ0v) is 13.1. The van der Waals surface area contributed by atoms with Crippen LogP contribution in [0.5, 0.6) is 0 Å². The molecule has 6 nitrogen and oxygen atoms in total. The van der Waals surface area contributed by atoms with Gasteiger partial charge in [-0.1, -0.05) is 12.1 Å². The molecule has 1 aliphatic carbocycles. The minimum absolute atomic E-state index is 0.0179. The molecule has 2 aromatic heterocycles. The van der Waals surface area contributed by atoms with Crippen molar-refractivity contribution < 1.29 is 4.79 Å². The van der Waals surface area contributed by atoms with Gasteiger partial charge in [0.1, 0.15) is 0 Å². The minimum Gasteiger partial charge on any atom is -0.335 e. The number of hydrogen-bond acceptors (Lipinski definition) is 3. The summed E-state index contributed by atoms with van der Waals surface area (Å²) in [6.07, 6.45) is 5.83. The number of nitrogens with zero attached hydrogens (tertiary/aromatic N) is 2. The maximum Gasteiger partial charge on any atom is 0.315 e. The van der Waals surface area contributed by atoms with Gasteiger partial charge in [-0.05, 0) is 36.5 Å². The third-order valence-electron chi connectivity index (χ3n) is 4.24. The number of pyridine rings is 2. The van der Waals surface area contributed by atoms with Crippen molar-refractivity contribution in [1.82, 2.24) is 20.2 Å². The van der Waals surface area contributed by atoms with Crippen LogP contribution in [0.2, 0.25) is 0 Å². The lowest BCUT2D eigenvalue weighted by Gasteiger charge is -2.26. The van der Waals surface area contributed by atoms with E-state index in [4.69, 9.17) is 0 Å². The number of urea groups is 1. The highest BCUT2D eigenvalue weighted by atomic mass is 16.2. The lowest BCUT2D eigenvalue weighted by Crippen LogP contribution is -2.45. The summed E-state index contributed by atoms with van der Waals surface area (Å²) in [7, 11) is 1.80. The molecular weight excluding hydrogens is 292 g/mol. The van der Waals surface area contributed by atoms with Crippen LogP contribution < -0.4 is 16.2 Å². The van der Waals surface area contributed by atoms with Crippen LogP contribution in [0.4, 0.5) is 4.79 Å². The molecule has 0 aromatic carbocycles. The molecule has 2 aromatic rings. The van der Waals surface area contributed by atoms with E-state index in [0.717, 1.165) is 36.1 Å². The van der Waals surface area contributed by atoms with Gasteiger partial charge in [-0.15, -0.1) is 0 Å². The Labute approximate surface area is 134 Å². The molecule has 0 bridgehead atoms. The summed E-state index contributed by atoms with van der Waals surface area (Å²) in [5.41, 5.74) is 3.19. The zero-order valence-electron chi connectivity index (χ0n) is 13.1.